The molecule has 0 radical (unpaired) electrons. The van der Waals surface area contributed by atoms with Crippen LogP contribution in [0, 0.1) is 40.9 Å². The molecule has 4 aromatic rings. The van der Waals surface area contributed by atoms with E-state index >= 15 is 0 Å². The Labute approximate surface area is 246 Å². The monoisotopic (exact) mass is 624 g/mol. The predicted molar refractivity (Wildman–Crippen MR) is 143 cm³/mol. The molecule has 4 aromatic carbocycles. The van der Waals surface area contributed by atoms with E-state index in [4.69, 9.17) is 0 Å². The Morgan fingerprint density at radius 1 is 0.659 bits per heavy atom. The molecule has 0 aliphatic carbocycles. The Kier molecular flexibility index (Phi) is 9.62. The van der Waals surface area contributed by atoms with E-state index in [0.29, 0.717) is 24.6 Å². The zero-order valence-electron chi connectivity index (χ0n) is 22.9. The van der Waals surface area contributed by atoms with Crippen molar-refractivity contribution in [2.75, 3.05) is 0 Å². The van der Waals surface area contributed by atoms with Crippen molar-refractivity contribution in [3.63, 3.8) is 0 Å². The Bertz CT molecular complexity index is 1710. The molecule has 0 amide bonds. The van der Waals surface area contributed by atoms with E-state index in [1.54, 1.807) is 6.07 Å². The van der Waals surface area contributed by atoms with E-state index in [2.05, 4.69) is 23.5 Å². The molecule has 0 spiro atoms. The van der Waals surface area contributed by atoms with Gasteiger partial charge in [0.05, 0.1) is 5.56 Å². The number of ether oxygens (including phenoxy) is 1. The molecule has 0 saturated carbocycles. The number of benzene rings is 4. The standard InChI is InChI=1S/C33H22F10O/c1-2-3-4-5-19-6-9-21(26(34)14-19)10-7-20-8-13-25(28(36)15-20)33(42,43)44-23-11-12-24(27(35)18-23)22-16-29(37)31(30(38)17-22)32(39,40)41/h6,8-9,11-18H,2-5H2,1H3. The fourth-order valence-corrected chi connectivity index (χ4v) is 4.36. The second-order valence-corrected chi connectivity index (χ2v) is 9.79. The molecule has 44 heavy (non-hydrogen) atoms. The number of aryl methyl sites for hydroxylation is 1. The smallest absolute Gasteiger partial charge is 0.429 e. The molecular formula is C33H22F10O. The van der Waals surface area contributed by atoms with Crippen molar-refractivity contribution in [1.29, 1.82) is 0 Å². The molecule has 0 heterocycles. The maximum absolute atomic E-state index is 14.8. The molecule has 0 aliphatic rings. The molecule has 0 N–H and O–H groups in total. The van der Waals surface area contributed by atoms with Gasteiger partial charge in [-0.25, -0.2) is 22.0 Å². The summed E-state index contributed by atoms with van der Waals surface area (Å²) in [5.74, 6) is -3.13. The number of halogens is 10. The summed E-state index contributed by atoms with van der Waals surface area (Å²) in [5.41, 5.74) is -3.84. The highest BCUT2D eigenvalue weighted by molar-refractivity contribution is 5.66. The van der Waals surface area contributed by atoms with E-state index in [0.717, 1.165) is 43.0 Å². The van der Waals surface area contributed by atoms with Crippen LogP contribution >= 0.6 is 0 Å². The first-order chi connectivity index (χ1) is 20.7. The summed E-state index contributed by atoms with van der Waals surface area (Å²) in [6.07, 6.45) is -6.03. The highest BCUT2D eigenvalue weighted by Gasteiger charge is 2.39. The molecule has 11 heteroatoms. The predicted octanol–water partition coefficient (Wildman–Crippen LogP) is 10.3. The lowest BCUT2D eigenvalue weighted by atomic mass is 10.0. The van der Waals surface area contributed by atoms with Gasteiger partial charge in [0, 0.05) is 17.2 Å². The van der Waals surface area contributed by atoms with Crippen LogP contribution in [0.15, 0.2) is 66.7 Å². The van der Waals surface area contributed by atoms with Gasteiger partial charge in [0.25, 0.3) is 0 Å². The molecule has 4 rings (SSSR count). The van der Waals surface area contributed by atoms with Gasteiger partial charge < -0.3 is 4.74 Å². The lowest BCUT2D eigenvalue weighted by Crippen LogP contribution is -2.23. The molecule has 230 valence electrons. The maximum atomic E-state index is 14.8. The van der Waals surface area contributed by atoms with Crippen molar-refractivity contribution in [2.24, 2.45) is 0 Å². The van der Waals surface area contributed by atoms with Crippen LogP contribution in [-0.4, -0.2) is 0 Å². The zero-order chi connectivity index (χ0) is 32.2. The number of unbranched alkanes of at least 4 members (excludes halogenated alkanes) is 2. The summed E-state index contributed by atoms with van der Waals surface area (Å²) in [7, 11) is 0. The molecule has 0 atom stereocenters. The van der Waals surface area contributed by atoms with Crippen molar-refractivity contribution in [3.8, 4) is 28.7 Å². The number of alkyl halides is 5. The lowest BCUT2D eigenvalue weighted by molar-refractivity contribution is -0.187. The summed E-state index contributed by atoms with van der Waals surface area (Å²) in [6, 6.07) is 9.40. The third-order valence-electron chi connectivity index (χ3n) is 6.55. The SMILES string of the molecule is CCCCCc1ccc(C#Cc2ccc(C(F)(F)Oc3ccc(-c4cc(F)c(C(F)(F)F)c(F)c4)c(F)c3)c(F)c2)c(F)c1. The highest BCUT2D eigenvalue weighted by atomic mass is 19.4. The van der Waals surface area contributed by atoms with Crippen LogP contribution in [0.5, 0.6) is 5.75 Å². The second-order valence-electron chi connectivity index (χ2n) is 9.79. The van der Waals surface area contributed by atoms with Crippen LogP contribution in [0.3, 0.4) is 0 Å². The minimum absolute atomic E-state index is 0.0367. The average Bonchev–Trinajstić information content (AvgIpc) is 2.91. The Hall–Kier alpha value is -4.46. The number of rotatable bonds is 8. The Morgan fingerprint density at radius 2 is 1.36 bits per heavy atom. The van der Waals surface area contributed by atoms with Gasteiger partial charge in [0.2, 0.25) is 0 Å². The van der Waals surface area contributed by atoms with Crippen molar-refractivity contribution < 1.29 is 48.6 Å². The molecule has 0 aromatic heterocycles. The number of hydrogen-bond acceptors (Lipinski definition) is 1. The topological polar surface area (TPSA) is 9.23 Å². The largest absolute Gasteiger partial charge is 0.429 e. The maximum Gasteiger partial charge on any atom is 0.429 e. The minimum Gasteiger partial charge on any atom is -0.429 e. The molecule has 0 unspecified atom stereocenters. The fourth-order valence-electron chi connectivity index (χ4n) is 4.36. The van der Waals surface area contributed by atoms with E-state index in [1.807, 2.05) is 0 Å². The van der Waals surface area contributed by atoms with Gasteiger partial charge in [-0.05, 0) is 78.6 Å². The molecule has 0 bridgehead atoms. The van der Waals surface area contributed by atoms with Crippen molar-refractivity contribution >= 4 is 0 Å². The second kappa shape index (κ2) is 13.0. The Morgan fingerprint density at radius 3 is 1.95 bits per heavy atom. The van der Waals surface area contributed by atoms with Crippen molar-refractivity contribution in [3.05, 3.63) is 124 Å². The highest BCUT2D eigenvalue weighted by Crippen LogP contribution is 2.38. The zero-order valence-corrected chi connectivity index (χ0v) is 22.9. The van der Waals surface area contributed by atoms with Gasteiger partial charge in [-0.2, -0.15) is 22.0 Å². The summed E-state index contributed by atoms with van der Waals surface area (Å²) in [4.78, 5) is 0. The summed E-state index contributed by atoms with van der Waals surface area (Å²) < 4.78 is 144. The van der Waals surface area contributed by atoms with E-state index in [1.165, 1.54) is 12.1 Å². The molecule has 0 aliphatic heterocycles. The fraction of sp³-hybridized carbons (Fsp3) is 0.212. The van der Waals surface area contributed by atoms with Gasteiger partial charge in [-0.15, -0.1) is 0 Å². The van der Waals surface area contributed by atoms with Crippen molar-refractivity contribution in [2.45, 2.75) is 44.9 Å². The molecule has 0 fully saturated rings. The van der Waals surface area contributed by atoms with Crippen molar-refractivity contribution in [1.82, 2.24) is 0 Å². The van der Waals surface area contributed by atoms with Gasteiger partial charge in [-0.1, -0.05) is 37.7 Å². The molecule has 0 saturated heterocycles. The van der Waals surface area contributed by atoms with Gasteiger partial charge in [-0.3, -0.25) is 0 Å². The third kappa shape index (κ3) is 7.54. The summed E-state index contributed by atoms with van der Waals surface area (Å²) >= 11 is 0. The van der Waals surface area contributed by atoms with Crippen LogP contribution in [0.1, 0.15) is 54.0 Å². The van der Waals surface area contributed by atoms with Crippen LogP contribution in [0.25, 0.3) is 11.1 Å². The third-order valence-corrected chi connectivity index (χ3v) is 6.55. The number of hydrogen-bond donors (Lipinski definition) is 0. The molecular weight excluding hydrogens is 602 g/mol. The average molecular weight is 625 g/mol. The van der Waals surface area contributed by atoms with Gasteiger partial charge in [0.1, 0.15) is 46.0 Å². The van der Waals surface area contributed by atoms with Crippen LogP contribution < -0.4 is 4.74 Å². The van der Waals surface area contributed by atoms with E-state index < -0.39 is 69.4 Å². The first kappa shape index (κ1) is 32.5. The van der Waals surface area contributed by atoms with Crippen LogP contribution in [0.2, 0.25) is 0 Å². The van der Waals surface area contributed by atoms with E-state index in [-0.39, 0.29) is 23.3 Å². The summed E-state index contributed by atoms with van der Waals surface area (Å²) in [5, 5.41) is 0. The van der Waals surface area contributed by atoms with Crippen LogP contribution in [0.4, 0.5) is 43.9 Å². The quantitative estimate of drug-likeness (QED) is 0.108. The summed E-state index contributed by atoms with van der Waals surface area (Å²) in [6.45, 7) is 2.05. The van der Waals surface area contributed by atoms with E-state index in [9.17, 15) is 43.9 Å². The van der Waals surface area contributed by atoms with Gasteiger partial charge in [0.15, 0.2) is 0 Å². The first-order valence-corrected chi connectivity index (χ1v) is 13.2. The Balaban J connectivity index is 1.51. The van der Waals surface area contributed by atoms with Gasteiger partial charge >= 0.3 is 12.3 Å². The minimum atomic E-state index is -5.34. The molecule has 1 nitrogen and oxygen atoms in total. The van der Waals surface area contributed by atoms with Crippen LogP contribution in [-0.2, 0) is 18.7 Å². The first-order valence-electron chi connectivity index (χ1n) is 13.2. The lowest BCUT2D eigenvalue weighted by Gasteiger charge is -2.19. The normalized spacial score (nSPS) is 11.7.